The second-order valence-electron chi connectivity index (χ2n) is 4.60. The van der Waals surface area contributed by atoms with Crippen LogP contribution in [0.2, 0.25) is 0 Å². The second-order valence-corrected chi connectivity index (χ2v) is 15.2. The van der Waals surface area contributed by atoms with E-state index in [0.29, 0.717) is 0 Å². The summed E-state index contributed by atoms with van der Waals surface area (Å²) in [6, 6.07) is 0. The molecule has 0 spiro atoms. The predicted molar refractivity (Wildman–Crippen MR) is 70.6 cm³/mol. The molecule has 0 rings (SSSR count). The lowest BCUT2D eigenvalue weighted by Crippen LogP contribution is -2.26. The van der Waals surface area contributed by atoms with Gasteiger partial charge in [0.2, 0.25) is 29.5 Å². The van der Waals surface area contributed by atoms with E-state index in [0.717, 1.165) is 26.7 Å². The molecule has 0 aromatic heterocycles. The Bertz CT molecular complexity index is 398. The zero-order valence-corrected chi connectivity index (χ0v) is 13.9. The first-order valence-corrected chi connectivity index (χ1v) is 13.4. The smallest absolute Gasteiger partial charge is 0.211 e. The van der Waals surface area contributed by atoms with E-state index < -0.39 is 40.3 Å². The van der Waals surface area contributed by atoms with Gasteiger partial charge >= 0.3 is 0 Å². The molecule has 0 aliphatic heterocycles. The van der Waals surface area contributed by atoms with Gasteiger partial charge in [-0.25, -0.2) is 0 Å². The first-order chi connectivity index (χ1) is 7.49. The molecule has 12 heteroatoms. The molecule has 4 unspecified atom stereocenters. The Hall–Kier alpha value is 0.760. The SMILES string of the molecule is CP(=O)(O)C(C(P(C)(=O)O)P(C)(=O)O)P(C)(=O)O. The minimum absolute atomic E-state index is 0.725. The molecule has 0 aromatic rings. The first kappa shape index (κ1) is 18.8. The second kappa shape index (κ2) is 5.27. The highest BCUT2D eigenvalue weighted by Crippen LogP contribution is 2.75. The van der Waals surface area contributed by atoms with Crippen LogP contribution in [-0.2, 0) is 18.3 Å². The topological polar surface area (TPSA) is 149 Å². The molecular formula is C6H18O8P4. The maximum absolute atomic E-state index is 11.7. The van der Waals surface area contributed by atoms with Gasteiger partial charge in [0.1, 0.15) is 10.8 Å². The third-order valence-corrected chi connectivity index (χ3v) is 13.4. The molecule has 0 heterocycles. The van der Waals surface area contributed by atoms with Crippen LogP contribution in [0.5, 0.6) is 0 Å². The average molecular weight is 342 g/mol. The van der Waals surface area contributed by atoms with Crippen LogP contribution in [0, 0.1) is 0 Å². The Morgan fingerprint density at radius 2 is 0.667 bits per heavy atom. The molecule has 0 saturated carbocycles. The Morgan fingerprint density at radius 3 is 0.722 bits per heavy atom. The molecule has 0 bridgehead atoms. The van der Waals surface area contributed by atoms with E-state index in [1.807, 2.05) is 0 Å². The Balaban J connectivity index is 6.19. The predicted octanol–water partition coefficient (Wildman–Crippen LogP) is 1.24. The zero-order chi connectivity index (χ0) is 15.2. The Kier molecular flexibility index (Phi) is 5.50. The van der Waals surface area contributed by atoms with Crippen LogP contribution < -0.4 is 0 Å². The van der Waals surface area contributed by atoms with Gasteiger partial charge in [-0.3, -0.25) is 18.3 Å². The molecule has 0 aromatic carbocycles. The highest BCUT2D eigenvalue weighted by molar-refractivity contribution is 7.83. The summed E-state index contributed by atoms with van der Waals surface area (Å²) >= 11 is 0. The van der Waals surface area contributed by atoms with Gasteiger partial charge in [-0.15, -0.1) is 0 Å². The first-order valence-electron chi connectivity index (χ1n) is 4.69. The molecule has 110 valence electrons. The quantitative estimate of drug-likeness (QED) is 0.545. The minimum Gasteiger partial charge on any atom is -0.344 e. The third-order valence-electron chi connectivity index (χ3n) is 2.23. The van der Waals surface area contributed by atoms with Gasteiger partial charge in [0, 0.05) is 26.7 Å². The van der Waals surface area contributed by atoms with Crippen LogP contribution in [-0.4, -0.2) is 57.0 Å². The lowest BCUT2D eigenvalue weighted by molar-refractivity contribution is 0.432. The van der Waals surface area contributed by atoms with Gasteiger partial charge < -0.3 is 19.6 Å². The van der Waals surface area contributed by atoms with E-state index in [9.17, 15) is 37.8 Å². The van der Waals surface area contributed by atoms with Crippen molar-refractivity contribution in [2.75, 3.05) is 26.7 Å². The lowest BCUT2D eigenvalue weighted by atomic mass is 10.9. The highest BCUT2D eigenvalue weighted by atomic mass is 31.2. The van der Waals surface area contributed by atoms with Crippen molar-refractivity contribution in [1.82, 2.24) is 0 Å². The average Bonchev–Trinajstić information content (AvgIpc) is 1.89. The van der Waals surface area contributed by atoms with Crippen molar-refractivity contribution in [2.24, 2.45) is 0 Å². The van der Waals surface area contributed by atoms with Crippen molar-refractivity contribution < 1.29 is 37.8 Å². The molecule has 0 aliphatic rings. The molecule has 4 atom stereocenters. The lowest BCUT2D eigenvalue weighted by Gasteiger charge is -2.33. The van der Waals surface area contributed by atoms with E-state index in [1.165, 1.54) is 0 Å². The minimum atomic E-state index is -4.32. The van der Waals surface area contributed by atoms with Gasteiger partial charge in [0.25, 0.3) is 0 Å². The van der Waals surface area contributed by atoms with Crippen molar-refractivity contribution in [3.05, 3.63) is 0 Å². The molecule has 18 heavy (non-hydrogen) atoms. The number of hydrogen-bond acceptors (Lipinski definition) is 4. The molecule has 0 saturated heterocycles. The van der Waals surface area contributed by atoms with Gasteiger partial charge in [-0.2, -0.15) is 0 Å². The monoisotopic (exact) mass is 342 g/mol. The molecule has 0 aliphatic carbocycles. The molecule has 8 nitrogen and oxygen atoms in total. The van der Waals surface area contributed by atoms with Crippen LogP contribution in [0.25, 0.3) is 0 Å². The fourth-order valence-electron chi connectivity index (χ4n) is 1.78. The van der Waals surface area contributed by atoms with Crippen molar-refractivity contribution in [2.45, 2.75) is 10.8 Å². The van der Waals surface area contributed by atoms with Crippen LogP contribution in [0.1, 0.15) is 0 Å². The summed E-state index contributed by atoms with van der Waals surface area (Å²) in [4.78, 5) is 37.9. The number of hydrogen-bond donors (Lipinski definition) is 4. The summed E-state index contributed by atoms with van der Waals surface area (Å²) < 4.78 is 46.6. The van der Waals surface area contributed by atoms with Crippen molar-refractivity contribution in [3.8, 4) is 0 Å². The summed E-state index contributed by atoms with van der Waals surface area (Å²) in [5.41, 5.74) is 0. The van der Waals surface area contributed by atoms with Crippen molar-refractivity contribution in [3.63, 3.8) is 0 Å². The van der Waals surface area contributed by atoms with Crippen LogP contribution in [0.15, 0.2) is 0 Å². The molecule has 0 fully saturated rings. The van der Waals surface area contributed by atoms with Crippen LogP contribution in [0.3, 0.4) is 0 Å². The van der Waals surface area contributed by atoms with Gasteiger partial charge in [0.05, 0.1) is 0 Å². The van der Waals surface area contributed by atoms with Crippen LogP contribution >= 0.6 is 29.5 Å². The largest absolute Gasteiger partial charge is 0.344 e. The zero-order valence-electron chi connectivity index (χ0n) is 10.4. The summed E-state index contributed by atoms with van der Waals surface area (Å²) in [6.07, 6.45) is 0. The summed E-state index contributed by atoms with van der Waals surface area (Å²) in [7, 11) is -17.3. The standard InChI is InChI=1S/C6H18O8P4/c1-15(7,8)5(16(2,9)10)6(17(3,11)12)18(4,13)14/h5-6H,1-4H3,(H,7,8)(H,9,10)(H,11,12)(H,13,14). The molecule has 0 amide bonds. The summed E-state index contributed by atoms with van der Waals surface area (Å²) in [6.45, 7) is 2.90. The Morgan fingerprint density at radius 1 is 0.556 bits per heavy atom. The summed E-state index contributed by atoms with van der Waals surface area (Å²) in [5, 5.41) is -4.21. The molecular weight excluding hydrogens is 324 g/mol. The van der Waals surface area contributed by atoms with Crippen molar-refractivity contribution >= 4 is 29.5 Å². The van der Waals surface area contributed by atoms with Crippen LogP contribution in [0.4, 0.5) is 0 Å². The van der Waals surface area contributed by atoms with E-state index in [2.05, 4.69) is 0 Å². The maximum Gasteiger partial charge on any atom is 0.211 e. The van der Waals surface area contributed by atoms with E-state index >= 15 is 0 Å². The summed E-state index contributed by atoms with van der Waals surface area (Å²) in [5.74, 6) is 0. The van der Waals surface area contributed by atoms with Crippen molar-refractivity contribution in [1.29, 1.82) is 0 Å². The van der Waals surface area contributed by atoms with Gasteiger partial charge in [0.15, 0.2) is 0 Å². The fraction of sp³-hybridized carbons (Fsp3) is 1.00. The highest BCUT2D eigenvalue weighted by Gasteiger charge is 2.55. The van der Waals surface area contributed by atoms with E-state index in [1.54, 1.807) is 0 Å². The normalized spacial score (nSPS) is 29.1. The van der Waals surface area contributed by atoms with E-state index in [-0.39, 0.29) is 0 Å². The molecule has 4 N–H and O–H groups in total. The maximum atomic E-state index is 11.7. The fourth-order valence-corrected chi connectivity index (χ4v) is 16.1. The van der Waals surface area contributed by atoms with Gasteiger partial charge in [-0.05, 0) is 0 Å². The molecule has 0 radical (unpaired) electrons. The number of rotatable bonds is 5. The van der Waals surface area contributed by atoms with E-state index in [4.69, 9.17) is 0 Å². The Labute approximate surface area is 105 Å². The third kappa shape index (κ3) is 5.03. The van der Waals surface area contributed by atoms with Gasteiger partial charge in [-0.1, -0.05) is 0 Å².